The molecule has 1 N–H and O–H groups in total. The van der Waals surface area contributed by atoms with Gasteiger partial charge in [-0.05, 0) is 72.3 Å². The minimum absolute atomic E-state index is 0.0355. The van der Waals surface area contributed by atoms with Crippen LogP contribution in [-0.4, -0.2) is 41.3 Å². The van der Waals surface area contributed by atoms with Crippen LogP contribution in [0.25, 0.3) is 0 Å². The molecular formula is C35H25ClN2O6. The Hall–Kier alpha value is -5.31. The first-order chi connectivity index (χ1) is 21.3. The number of carbonyl (C=O) groups is 3. The third-order valence-electron chi connectivity index (χ3n) is 7.37. The summed E-state index contributed by atoms with van der Waals surface area (Å²) in [6, 6.07) is 28.0. The molecule has 1 aliphatic rings. The third kappa shape index (κ3) is 5.68. The molecule has 5 aromatic rings. The number of anilines is 2. The molecule has 0 fully saturated rings. The quantitative estimate of drug-likeness (QED) is 0.187. The highest BCUT2D eigenvalue weighted by atomic mass is 35.5. The van der Waals surface area contributed by atoms with Crippen molar-refractivity contribution < 1.29 is 29.0 Å². The van der Waals surface area contributed by atoms with Crippen LogP contribution >= 0.6 is 11.6 Å². The molecule has 1 aromatic heterocycles. The number of fused-ring (bicyclic) bond motifs is 1. The number of rotatable bonds is 9. The number of hydrogen-bond donors (Lipinski definition) is 1. The van der Waals surface area contributed by atoms with Gasteiger partial charge in [0.15, 0.2) is 23.1 Å². The van der Waals surface area contributed by atoms with Gasteiger partial charge in [-0.1, -0.05) is 48.0 Å². The second-order valence-corrected chi connectivity index (χ2v) is 10.5. The van der Waals surface area contributed by atoms with Crippen LogP contribution in [0.1, 0.15) is 54.0 Å². The van der Waals surface area contributed by atoms with Crippen LogP contribution < -0.4 is 14.4 Å². The van der Waals surface area contributed by atoms with Gasteiger partial charge in [0, 0.05) is 40.0 Å². The summed E-state index contributed by atoms with van der Waals surface area (Å²) >= 11 is 6.00. The highest BCUT2D eigenvalue weighted by Crippen LogP contribution is 2.34. The van der Waals surface area contributed by atoms with Crippen molar-refractivity contribution in [3.05, 3.63) is 148 Å². The Morgan fingerprint density at radius 3 is 2.18 bits per heavy atom. The molecular weight excluding hydrogens is 580 g/mol. The van der Waals surface area contributed by atoms with Crippen LogP contribution in [0.2, 0.25) is 5.02 Å². The largest absolute Gasteiger partial charge is 0.454 e. The summed E-state index contributed by atoms with van der Waals surface area (Å²) in [6.07, 6.45) is 0.0237. The van der Waals surface area contributed by atoms with Crippen LogP contribution in [0.5, 0.6) is 11.5 Å². The zero-order valence-electron chi connectivity index (χ0n) is 23.4. The van der Waals surface area contributed by atoms with Crippen molar-refractivity contribution in [1.82, 2.24) is 4.98 Å². The summed E-state index contributed by atoms with van der Waals surface area (Å²) in [5.41, 5.74) is 2.49. The van der Waals surface area contributed by atoms with E-state index in [1.165, 1.54) is 24.3 Å². The van der Waals surface area contributed by atoms with Crippen molar-refractivity contribution >= 4 is 40.3 Å². The number of pyridine rings is 1. The lowest BCUT2D eigenvalue weighted by atomic mass is 9.89. The molecule has 0 radical (unpaired) electrons. The molecule has 4 aromatic carbocycles. The molecule has 2 heterocycles. The number of hydrogen-bond acceptors (Lipinski definition) is 8. The third-order valence-corrected chi connectivity index (χ3v) is 7.62. The van der Waals surface area contributed by atoms with Crippen molar-refractivity contribution in [1.29, 1.82) is 0 Å². The summed E-state index contributed by atoms with van der Waals surface area (Å²) in [4.78, 5) is 47.2. The summed E-state index contributed by atoms with van der Waals surface area (Å²) in [7, 11) is 1.87. The van der Waals surface area contributed by atoms with Gasteiger partial charge in [-0.3, -0.25) is 19.4 Å². The molecule has 218 valence electrons. The molecule has 8 nitrogen and oxygen atoms in total. The molecule has 0 aliphatic carbocycles. The molecule has 9 heteroatoms. The smallest absolute Gasteiger partial charge is 0.231 e. The zero-order chi connectivity index (χ0) is 30.8. The molecule has 0 spiro atoms. The number of benzene rings is 4. The number of halogens is 1. The molecule has 0 saturated carbocycles. The monoisotopic (exact) mass is 604 g/mol. The van der Waals surface area contributed by atoms with Gasteiger partial charge in [-0.25, -0.2) is 0 Å². The maximum absolute atomic E-state index is 13.7. The molecule has 0 bridgehead atoms. The predicted molar refractivity (Wildman–Crippen MR) is 165 cm³/mol. The number of carbonyl (C=O) groups excluding carboxylic acids is 3. The Bertz CT molecular complexity index is 1870. The number of ketones is 3. The average Bonchev–Trinajstić information content (AvgIpc) is 3.55. The van der Waals surface area contributed by atoms with E-state index in [4.69, 9.17) is 21.1 Å². The Morgan fingerprint density at radius 2 is 1.45 bits per heavy atom. The van der Waals surface area contributed by atoms with E-state index in [1.54, 1.807) is 72.9 Å². The van der Waals surface area contributed by atoms with Crippen LogP contribution in [0.4, 0.5) is 11.4 Å². The molecule has 1 aliphatic heterocycles. The normalized spacial score (nSPS) is 12.4. The fraction of sp³-hybridized carbons (Fsp3) is 0.0857. The molecule has 0 saturated heterocycles. The summed E-state index contributed by atoms with van der Waals surface area (Å²) < 4.78 is 10.8. The highest BCUT2D eigenvalue weighted by Gasteiger charge is 2.27. The lowest BCUT2D eigenvalue weighted by molar-refractivity contribution is 0.0744. The van der Waals surface area contributed by atoms with Gasteiger partial charge in [-0.2, -0.15) is 0 Å². The summed E-state index contributed by atoms with van der Waals surface area (Å²) in [5, 5.41) is 11.6. The Balaban J connectivity index is 1.34. The van der Waals surface area contributed by atoms with E-state index in [9.17, 15) is 19.5 Å². The SMILES string of the molecule is CN(c1ccc(Cl)cc1)c1ccc(C(=O)c2ccc(C(=O)c3ccc4c(c3)OCO4)c(C(=O)C(O)c3ccccc3)c2)nc1. The van der Waals surface area contributed by atoms with Gasteiger partial charge in [-0.15, -0.1) is 0 Å². The average molecular weight is 605 g/mol. The molecule has 0 amide bonds. The Morgan fingerprint density at radius 1 is 0.773 bits per heavy atom. The number of aliphatic hydroxyl groups is 1. The lowest BCUT2D eigenvalue weighted by Gasteiger charge is -2.19. The number of Topliss-reactive ketones (excluding diaryl/α,β-unsaturated/α-hetero) is 1. The first kappa shape index (κ1) is 28.8. The fourth-order valence-electron chi connectivity index (χ4n) is 4.90. The highest BCUT2D eigenvalue weighted by molar-refractivity contribution is 6.30. The maximum Gasteiger partial charge on any atom is 0.231 e. The summed E-state index contributed by atoms with van der Waals surface area (Å²) in [6.45, 7) is 0.0449. The van der Waals surface area contributed by atoms with E-state index < -0.39 is 23.5 Å². The number of aromatic nitrogens is 1. The number of nitrogens with zero attached hydrogens (tertiary/aromatic N) is 2. The van der Waals surface area contributed by atoms with Crippen LogP contribution in [0.3, 0.4) is 0 Å². The predicted octanol–water partition coefficient (Wildman–Crippen LogP) is 6.61. The topological polar surface area (TPSA) is 106 Å². The van der Waals surface area contributed by atoms with E-state index in [0.29, 0.717) is 22.1 Å². The van der Waals surface area contributed by atoms with Gasteiger partial charge >= 0.3 is 0 Å². The van der Waals surface area contributed by atoms with Crippen LogP contribution in [0, 0.1) is 0 Å². The Kier molecular flexibility index (Phi) is 7.93. The van der Waals surface area contributed by atoms with E-state index in [2.05, 4.69) is 4.98 Å². The van der Waals surface area contributed by atoms with Gasteiger partial charge in [0.1, 0.15) is 11.8 Å². The molecule has 1 unspecified atom stereocenters. The Labute approximate surface area is 258 Å². The zero-order valence-corrected chi connectivity index (χ0v) is 24.2. The van der Waals surface area contributed by atoms with Crippen molar-refractivity contribution in [3.63, 3.8) is 0 Å². The fourth-order valence-corrected chi connectivity index (χ4v) is 5.02. The van der Waals surface area contributed by atoms with Crippen molar-refractivity contribution in [3.8, 4) is 11.5 Å². The lowest BCUT2D eigenvalue weighted by Crippen LogP contribution is -2.18. The first-order valence-electron chi connectivity index (χ1n) is 13.7. The van der Waals surface area contributed by atoms with Crippen molar-refractivity contribution in [2.24, 2.45) is 0 Å². The van der Waals surface area contributed by atoms with Crippen molar-refractivity contribution in [2.45, 2.75) is 6.10 Å². The van der Waals surface area contributed by atoms with Crippen LogP contribution in [0.15, 0.2) is 109 Å². The van der Waals surface area contributed by atoms with Crippen LogP contribution in [-0.2, 0) is 0 Å². The minimum atomic E-state index is -1.55. The van der Waals surface area contributed by atoms with E-state index >= 15 is 0 Å². The maximum atomic E-state index is 13.7. The van der Waals surface area contributed by atoms with Gasteiger partial charge < -0.3 is 19.5 Å². The second-order valence-electron chi connectivity index (χ2n) is 10.1. The van der Waals surface area contributed by atoms with Gasteiger partial charge in [0.2, 0.25) is 12.6 Å². The first-order valence-corrected chi connectivity index (χ1v) is 14.0. The van der Waals surface area contributed by atoms with E-state index in [1.807, 2.05) is 24.1 Å². The van der Waals surface area contributed by atoms with E-state index in [0.717, 1.165) is 11.4 Å². The minimum Gasteiger partial charge on any atom is -0.454 e. The standard InChI is InChI=1S/C35H25ClN2O6/c1-38(25-11-9-24(36)10-12-25)26-13-15-29(37-19-26)33(40)22-7-14-27(32(39)23-8-16-30-31(18-23)44-20-43-30)28(17-22)35(42)34(41)21-5-3-2-4-6-21/h2-19,34,41H,20H2,1H3. The number of ether oxygens (including phenoxy) is 2. The molecule has 1 atom stereocenters. The van der Waals surface area contributed by atoms with Gasteiger partial charge in [0.25, 0.3) is 0 Å². The van der Waals surface area contributed by atoms with Crippen molar-refractivity contribution in [2.75, 3.05) is 18.7 Å². The second kappa shape index (κ2) is 12.1. The number of aliphatic hydroxyl groups excluding tert-OH is 1. The molecule has 6 rings (SSSR count). The molecule has 44 heavy (non-hydrogen) atoms. The van der Waals surface area contributed by atoms with Gasteiger partial charge in [0.05, 0.1) is 11.9 Å². The van der Waals surface area contributed by atoms with E-state index in [-0.39, 0.29) is 34.7 Å². The summed E-state index contributed by atoms with van der Waals surface area (Å²) in [5.74, 6) is -0.718.